The standard InChI is InChI=1S/C34H35Cl2N3O5S/c1-24(2)37-34(41)32(20-25-11-6-4-7-12-25)38(22-26-13-10-14-28(19-26)44-3)33(40)23-39(31-21-27(35)17-18-30(31)36)45(42,43)29-15-8-5-9-16-29/h4-19,21,24,32H,20,22-23H2,1-3H3,(H,37,41)/t32-/m1/s1. The molecule has 0 saturated carbocycles. The Hall–Kier alpha value is -4.05. The van der Waals surface area contributed by atoms with Crippen LogP contribution in [-0.2, 0) is 32.6 Å². The molecule has 4 rings (SSSR count). The zero-order valence-corrected chi connectivity index (χ0v) is 27.5. The van der Waals surface area contributed by atoms with Gasteiger partial charge >= 0.3 is 0 Å². The number of benzene rings is 4. The number of methoxy groups -OCH3 is 1. The maximum Gasteiger partial charge on any atom is 0.264 e. The zero-order chi connectivity index (χ0) is 32.6. The van der Waals surface area contributed by atoms with E-state index in [-0.39, 0.29) is 45.5 Å². The van der Waals surface area contributed by atoms with Gasteiger partial charge in [-0.1, -0.05) is 83.9 Å². The molecule has 0 radical (unpaired) electrons. The molecule has 1 N–H and O–H groups in total. The normalized spacial score (nSPS) is 12.0. The Labute approximate surface area is 274 Å². The van der Waals surface area contributed by atoms with Crippen LogP contribution >= 0.6 is 23.2 Å². The molecule has 0 aromatic heterocycles. The highest BCUT2D eigenvalue weighted by Crippen LogP contribution is 2.33. The van der Waals surface area contributed by atoms with Gasteiger partial charge in [0.15, 0.2) is 0 Å². The van der Waals surface area contributed by atoms with E-state index < -0.39 is 28.5 Å². The maximum atomic E-state index is 14.5. The Morgan fingerprint density at radius 3 is 2.13 bits per heavy atom. The first-order chi connectivity index (χ1) is 21.5. The summed E-state index contributed by atoms with van der Waals surface area (Å²) in [6, 6.07) is 27.5. The quantitative estimate of drug-likeness (QED) is 0.179. The van der Waals surface area contributed by atoms with Crippen LogP contribution in [0, 0.1) is 0 Å². The number of nitrogens with zero attached hydrogens (tertiary/aromatic N) is 2. The van der Waals surface area contributed by atoms with Gasteiger partial charge in [-0.15, -0.1) is 0 Å². The van der Waals surface area contributed by atoms with E-state index in [0.717, 1.165) is 9.87 Å². The number of sulfonamides is 1. The predicted molar refractivity (Wildman–Crippen MR) is 178 cm³/mol. The fourth-order valence-electron chi connectivity index (χ4n) is 4.81. The van der Waals surface area contributed by atoms with Gasteiger partial charge in [-0.2, -0.15) is 0 Å². The van der Waals surface area contributed by atoms with E-state index >= 15 is 0 Å². The van der Waals surface area contributed by atoms with E-state index in [9.17, 15) is 18.0 Å². The number of carbonyl (C=O) groups excluding carboxylic acids is 2. The molecular formula is C34H35Cl2N3O5S. The van der Waals surface area contributed by atoms with Crippen LogP contribution in [-0.4, -0.2) is 50.9 Å². The molecule has 0 aliphatic carbocycles. The van der Waals surface area contributed by atoms with Crippen molar-refractivity contribution < 1.29 is 22.7 Å². The average molecular weight is 669 g/mol. The first-order valence-corrected chi connectivity index (χ1v) is 16.5. The molecular weight excluding hydrogens is 633 g/mol. The number of nitrogens with one attached hydrogen (secondary N) is 1. The third-order valence-electron chi connectivity index (χ3n) is 6.98. The molecule has 4 aromatic rings. The van der Waals surface area contributed by atoms with Crippen molar-refractivity contribution in [3.8, 4) is 5.75 Å². The van der Waals surface area contributed by atoms with Gasteiger partial charge in [0.1, 0.15) is 18.3 Å². The summed E-state index contributed by atoms with van der Waals surface area (Å²) in [6.07, 6.45) is 0.193. The molecule has 0 aliphatic heterocycles. The van der Waals surface area contributed by atoms with Gasteiger partial charge in [-0.05, 0) is 67.4 Å². The van der Waals surface area contributed by atoms with Crippen molar-refractivity contribution in [1.82, 2.24) is 10.2 Å². The molecule has 0 spiro atoms. The van der Waals surface area contributed by atoms with E-state index in [1.165, 1.54) is 42.3 Å². The van der Waals surface area contributed by atoms with Gasteiger partial charge in [0, 0.05) is 24.0 Å². The molecule has 1 atom stereocenters. The fourth-order valence-corrected chi connectivity index (χ4v) is 6.69. The number of anilines is 1. The minimum Gasteiger partial charge on any atom is -0.497 e. The molecule has 8 nitrogen and oxygen atoms in total. The molecule has 11 heteroatoms. The number of hydrogen-bond acceptors (Lipinski definition) is 5. The lowest BCUT2D eigenvalue weighted by Crippen LogP contribution is -2.54. The van der Waals surface area contributed by atoms with Crippen LogP contribution in [0.4, 0.5) is 5.69 Å². The van der Waals surface area contributed by atoms with Crippen molar-refractivity contribution in [1.29, 1.82) is 0 Å². The Morgan fingerprint density at radius 2 is 1.49 bits per heavy atom. The lowest BCUT2D eigenvalue weighted by molar-refractivity contribution is -0.140. The summed E-state index contributed by atoms with van der Waals surface area (Å²) in [5, 5.41) is 3.26. The minimum atomic E-state index is -4.31. The number of hydrogen-bond donors (Lipinski definition) is 1. The van der Waals surface area contributed by atoms with Crippen molar-refractivity contribution >= 4 is 50.7 Å². The minimum absolute atomic E-state index is 0.00154. The van der Waals surface area contributed by atoms with Crippen LogP contribution in [0.5, 0.6) is 5.75 Å². The summed E-state index contributed by atoms with van der Waals surface area (Å²) < 4.78 is 34.5. The van der Waals surface area contributed by atoms with Crippen LogP contribution in [0.1, 0.15) is 25.0 Å². The van der Waals surface area contributed by atoms with Crippen LogP contribution < -0.4 is 14.4 Å². The Morgan fingerprint density at radius 1 is 0.844 bits per heavy atom. The summed E-state index contributed by atoms with van der Waals surface area (Å²) in [6.45, 7) is 3.02. The van der Waals surface area contributed by atoms with Gasteiger partial charge in [0.05, 0.1) is 22.7 Å². The van der Waals surface area contributed by atoms with E-state index in [1.54, 1.807) is 36.4 Å². The van der Waals surface area contributed by atoms with Crippen molar-refractivity contribution in [2.75, 3.05) is 18.0 Å². The second-order valence-electron chi connectivity index (χ2n) is 10.7. The summed E-state index contributed by atoms with van der Waals surface area (Å²) in [5.41, 5.74) is 1.56. The van der Waals surface area contributed by atoms with Gasteiger partial charge in [0.2, 0.25) is 11.8 Å². The topological polar surface area (TPSA) is 96.0 Å². The summed E-state index contributed by atoms with van der Waals surface area (Å²) in [7, 11) is -2.77. The SMILES string of the molecule is COc1cccc(CN(C(=O)CN(c2cc(Cl)ccc2Cl)S(=O)(=O)c2ccccc2)[C@H](Cc2ccccc2)C(=O)NC(C)C)c1. The van der Waals surface area contributed by atoms with Gasteiger partial charge in [-0.25, -0.2) is 8.42 Å². The monoisotopic (exact) mass is 667 g/mol. The molecule has 4 aromatic carbocycles. The van der Waals surface area contributed by atoms with E-state index in [1.807, 2.05) is 50.2 Å². The summed E-state index contributed by atoms with van der Waals surface area (Å²) in [4.78, 5) is 29.7. The number of rotatable bonds is 13. The van der Waals surface area contributed by atoms with Crippen molar-refractivity contribution in [2.24, 2.45) is 0 Å². The number of carbonyl (C=O) groups is 2. The number of amides is 2. The van der Waals surface area contributed by atoms with Gasteiger partial charge < -0.3 is 15.0 Å². The Balaban J connectivity index is 1.84. The second kappa shape index (κ2) is 15.3. The van der Waals surface area contributed by atoms with E-state index in [4.69, 9.17) is 27.9 Å². The molecule has 0 heterocycles. The third-order valence-corrected chi connectivity index (χ3v) is 9.30. The largest absolute Gasteiger partial charge is 0.497 e. The molecule has 0 fully saturated rings. The molecule has 0 aliphatic rings. The molecule has 2 amide bonds. The fraction of sp³-hybridized carbons (Fsp3) is 0.235. The predicted octanol–water partition coefficient (Wildman–Crippen LogP) is 6.36. The van der Waals surface area contributed by atoms with Crippen LogP contribution in [0.15, 0.2) is 108 Å². The Kier molecular flexibility index (Phi) is 11.5. The molecule has 0 saturated heterocycles. The molecule has 0 unspecified atom stereocenters. The lowest BCUT2D eigenvalue weighted by Gasteiger charge is -2.34. The zero-order valence-electron chi connectivity index (χ0n) is 25.2. The average Bonchev–Trinajstić information content (AvgIpc) is 3.03. The second-order valence-corrected chi connectivity index (χ2v) is 13.4. The highest BCUT2D eigenvalue weighted by molar-refractivity contribution is 7.92. The molecule has 0 bridgehead atoms. The number of ether oxygens (including phenoxy) is 1. The highest BCUT2D eigenvalue weighted by atomic mass is 35.5. The maximum absolute atomic E-state index is 14.5. The first-order valence-electron chi connectivity index (χ1n) is 14.3. The lowest BCUT2D eigenvalue weighted by atomic mass is 10.0. The third kappa shape index (κ3) is 8.78. The van der Waals surface area contributed by atoms with E-state index in [0.29, 0.717) is 11.3 Å². The van der Waals surface area contributed by atoms with Crippen LogP contribution in [0.2, 0.25) is 10.0 Å². The molecule has 45 heavy (non-hydrogen) atoms. The van der Waals surface area contributed by atoms with Gasteiger partial charge in [-0.3, -0.25) is 13.9 Å². The van der Waals surface area contributed by atoms with Crippen molar-refractivity contribution in [2.45, 2.75) is 43.8 Å². The molecule has 236 valence electrons. The van der Waals surface area contributed by atoms with Crippen molar-refractivity contribution in [3.63, 3.8) is 0 Å². The van der Waals surface area contributed by atoms with Gasteiger partial charge in [0.25, 0.3) is 10.0 Å². The van der Waals surface area contributed by atoms with E-state index in [2.05, 4.69) is 5.32 Å². The van der Waals surface area contributed by atoms with Crippen LogP contribution in [0.25, 0.3) is 0 Å². The highest BCUT2D eigenvalue weighted by Gasteiger charge is 2.35. The Bertz CT molecular complexity index is 1720. The summed E-state index contributed by atoms with van der Waals surface area (Å²) >= 11 is 12.8. The smallest absolute Gasteiger partial charge is 0.264 e. The summed E-state index contributed by atoms with van der Waals surface area (Å²) in [5.74, 6) is -0.415. The van der Waals surface area contributed by atoms with Crippen LogP contribution in [0.3, 0.4) is 0 Å². The number of halogens is 2. The van der Waals surface area contributed by atoms with Crippen molar-refractivity contribution in [3.05, 3.63) is 124 Å². The first kappa shape index (κ1) is 33.8.